The van der Waals surface area contributed by atoms with Crippen LogP contribution < -0.4 is 10.0 Å². The van der Waals surface area contributed by atoms with Crippen LogP contribution in [0.4, 0.5) is 0 Å². The maximum atomic E-state index is 12.9. The molecule has 0 aliphatic heterocycles. The highest BCUT2D eigenvalue weighted by atomic mass is 32.2. The van der Waals surface area contributed by atoms with Gasteiger partial charge in [-0.2, -0.15) is 0 Å². The number of hydrogen-bond acceptors (Lipinski definition) is 5. The largest absolute Gasteiger partial charge is 0.349 e. The van der Waals surface area contributed by atoms with E-state index in [1.165, 1.54) is 7.05 Å². The minimum absolute atomic E-state index is 0.0960. The van der Waals surface area contributed by atoms with E-state index in [9.17, 15) is 13.2 Å². The van der Waals surface area contributed by atoms with Crippen molar-refractivity contribution in [3.8, 4) is 21.7 Å². The lowest BCUT2D eigenvalue weighted by Gasteiger charge is -2.11. The molecule has 0 fully saturated rings. The van der Waals surface area contributed by atoms with E-state index in [0.717, 1.165) is 38.3 Å². The second kappa shape index (κ2) is 10.1. The molecule has 5 aromatic rings. The van der Waals surface area contributed by atoms with Crippen molar-refractivity contribution in [2.24, 2.45) is 0 Å². The average molecular weight is 517 g/mol. The number of thiophene rings is 1. The van der Waals surface area contributed by atoms with Gasteiger partial charge in [0.25, 0.3) is 0 Å². The van der Waals surface area contributed by atoms with Crippen molar-refractivity contribution in [2.75, 3.05) is 7.05 Å². The van der Waals surface area contributed by atoms with Crippen molar-refractivity contribution in [1.29, 1.82) is 0 Å². The number of fused-ring (bicyclic) bond motifs is 1. The fourth-order valence-electron chi connectivity index (χ4n) is 4.04. The molecular formula is C27H24N4O3S2. The number of nitrogens with one attached hydrogen (secondary N) is 2. The van der Waals surface area contributed by atoms with Gasteiger partial charge in [0.2, 0.25) is 15.9 Å². The topological polar surface area (TPSA) is 93.1 Å². The summed E-state index contributed by atoms with van der Waals surface area (Å²) in [6.45, 7) is 0.521. The van der Waals surface area contributed by atoms with Crippen LogP contribution in [-0.4, -0.2) is 30.9 Å². The molecule has 0 saturated heterocycles. The number of hydrogen-bond donors (Lipinski definition) is 2. The van der Waals surface area contributed by atoms with Gasteiger partial charge in [-0.05, 0) is 54.4 Å². The highest BCUT2D eigenvalue weighted by Gasteiger charge is 2.14. The van der Waals surface area contributed by atoms with Crippen molar-refractivity contribution in [3.63, 3.8) is 0 Å². The van der Waals surface area contributed by atoms with Gasteiger partial charge < -0.3 is 9.88 Å². The van der Waals surface area contributed by atoms with E-state index in [-0.39, 0.29) is 17.3 Å². The molecule has 0 aliphatic rings. The molecule has 3 aromatic heterocycles. The summed E-state index contributed by atoms with van der Waals surface area (Å²) in [5.41, 5.74) is 4.49. The number of rotatable bonds is 8. The molecule has 0 unspecified atom stereocenters. The second-order valence-electron chi connectivity index (χ2n) is 8.20. The second-order valence-corrected chi connectivity index (χ2v) is 11.0. The van der Waals surface area contributed by atoms with Crippen molar-refractivity contribution in [2.45, 2.75) is 18.0 Å². The van der Waals surface area contributed by atoms with E-state index in [1.54, 1.807) is 41.8 Å². The van der Waals surface area contributed by atoms with E-state index in [2.05, 4.69) is 33.2 Å². The number of nitrogens with zero attached hydrogens (tertiary/aromatic N) is 2. The van der Waals surface area contributed by atoms with Crippen LogP contribution in [0.1, 0.15) is 5.69 Å². The summed E-state index contributed by atoms with van der Waals surface area (Å²) in [6, 6.07) is 24.6. The number of carbonyl (C=O) groups is 1. The lowest BCUT2D eigenvalue weighted by molar-refractivity contribution is -0.121. The Bertz CT molecular complexity index is 1610. The molecule has 0 saturated carbocycles. The Balaban J connectivity index is 1.26. The van der Waals surface area contributed by atoms with Crippen LogP contribution in [0.5, 0.6) is 0 Å². The minimum Gasteiger partial charge on any atom is -0.349 e. The van der Waals surface area contributed by atoms with Crippen LogP contribution in [0.3, 0.4) is 0 Å². The normalized spacial score (nSPS) is 11.6. The first-order valence-electron chi connectivity index (χ1n) is 11.3. The molecule has 2 aromatic carbocycles. The summed E-state index contributed by atoms with van der Waals surface area (Å²) >= 11 is 1.65. The van der Waals surface area contributed by atoms with Crippen LogP contribution in [0.2, 0.25) is 0 Å². The van der Waals surface area contributed by atoms with Crippen molar-refractivity contribution < 1.29 is 13.2 Å². The average Bonchev–Trinajstić information content (AvgIpc) is 3.56. The standard InChI is InChI=1S/C27H24N4O3S2/c1-28-36(33,34)23-12-9-19(10-13-23)21-8-11-22(29-16-21)17-30-27(32)18-31-24-6-3-2-5-20(24)15-25(31)26-7-4-14-35-26/h2-16,28H,17-18H2,1H3,(H,30,32). The van der Waals surface area contributed by atoms with Gasteiger partial charge in [0.1, 0.15) is 6.54 Å². The lowest BCUT2D eigenvalue weighted by Crippen LogP contribution is -2.27. The minimum atomic E-state index is -3.47. The number of carbonyl (C=O) groups excluding carboxylic acids is 1. The number of para-hydroxylation sites is 1. The Morgan fingerprint density at radius 3 is 2.44 bits per heavy atom. The van der Waals surface area contributed by atoms with E-state index >= 15 is 0 Å². The zero-order valence-corrected chi connectivity index (χ0v) is 21.1. The van der Waals surface area contributed by atoms with Gasteiger partial charge in [-0.25, -0.2) is 13.1 Å². The summed E-state index contributed by atoms with van der Waals surface area (Å²) in [4.78, 5) is 18.7. The molecule has 0 bridgehead atoms. The molecule has 5 rings (SSSR count). The monoisotopic (exact) mass is 516 g/mol. The van der Waals surface area contributed by atoms with Crippen molar-refractivity contribution in [1.82, 2.24) is 19.6 Å². The summed E-state index contributed by atoms with van der Waals surface area (Å²) in [7, 11) is -2.09. The van der Waals surface area contributed by atoms with E-state index in [0.29, 0.717) is 6.54 Å². The Kier molecular flexibility index (Phi) is 6.69. The Morgan fingerprint density at radius 2 is 1.75 bits per heavy atom. The fraction of sp³-hybridized carbons (Fsp3) is 0.111. The van der Waals surface area contributed by atoms with Crippen molar-refractivity contribution >= 4 is 38.2 Å². The summed E-state index contributed by atoms with van der Waals surface area (Å²) in [5.74, 6) is -0.0960. The molecule has 9 heteroatoms. The number of pyridine rings is 1. The SMILES string of the molecule is CNS(=O)(=O)c1ccc(-c2ccc(CNC(=O)Cn3c(-c4cccs4)cc4ccccc43)nc2)cc1. The first-order chi connectivity index (χ1) is 17.4. The van der Waals surface area contributed by atoms with Gasteiger partial charge in [-0.15, -0.1) is 11.3 Å². The number of amides is 1. The van der Waals surface area contributed by atoms with Gasteiger partial charge in [0.15, 0.2) is 0 Å². The Labute approximate surface area is 213 Å². The van der Waals surface area contributed by atoms with Crippen LogP contribution in [-0.2, 0) is 27.9 Å². The third kappa shape index (κ3) is 4.94. The third-order valence-corrected chi connectivity index (χ3v) is 8.27. The van der Waals surface area contributed by atoms with Gasteiger partial charge in [-0.1, -0.05) is 42.5 Å². The fourth-order valence-corrected chi connectivity index (χ4v) is 5.52. The predicted molar refractivity (Wildman–Crippen MR) is 143 cm³/mol. The number of aromatic nitrogens is 2. The molecule has 0 atom stereocenters. The van der Waals surface area contributed by atoms with Gasteiger partial charge in [0.05, 0.1) is 27.7 Å². The van der Waals surface area contributed by atoms with Gasteiger partial charge in [-0.3, -0.25) is 9.78 Å². The molecule has 3 heterocycles. The number of benzene rings is 2. The van der Waals surface area contributed by atoms with Gasteiger partial charge in [0, 0.05) is 22.7 Å². The van der Waals surface area contributed by atoms with Crippen molar-refractivity contribution in [3.05, 3.63) is 96.1 Å². The Morgan fingerprint density at radius 1 is 0.972 bits per heavy atom. The first-order valence-corrected chi connectivity index (χ1v) is 13.7. The maximum Gasteiger partial charge on any atom is 0.240 e. The zero-order valence-electron chi connectivity index (χ0n) is 19.5. The molecule has 2 N–H and O–H groups in total. The summed E-state index contributed by atoms with van der Waals surface area (Å²) < 4.78 is 28.2. The molecule has 7 nitrogen and oxygen atoms in total. The molecular weight excluding hydrogens is 492 g/mol. The van der Waals surface area contributed by atoms with Crippen LogP contribution in [0.25, 0.3) is 32.6 Å². The molecule has 0 aliphatic carbocycles. The van der Waals surface area contributed by atoms with E-state index in [4.69, 9.17) is 0 Å². The highest BCUT2D eigenvalue weighted by Crippen LogP contribution is 2.31. The highest BCUT2D eigenvalue weighted by molar-refractivity contribution is 7.89. The first kappa shape index (κ1) is 23.9. The quantitative estimate of drug-likeness (QED) is 0.314. The Hall–Kier alpha value is -3.79. The molecule has 0 spiro atoms. The maximum absolute atomic E-state index is 12.9. The predicted octanol–water partition coefficient (Wildman–Crippen LogP) is 4.66. The van der Waals surface area contributed by atoms with Crippen LogP contribution >= 0.6 is 11.3 Å². The molecule has 0 radical (unpaired) electrons. The molecule has 36 heavy (non-hydrogen) atoms. The third-order valence-electron chi connectivity index (χ3n) is 5.94. The van der Waals surface area contributed by atoms with Crippen LogP contribution in [0.15, 0.2) is 95.3 Å². The summed E-state index contributed by atoms with van der Waals surface area (Å²) in [5, 5.41) is 6.10. The van der Waals surface area contributed by atoms with Gasteiger partial charge >= 0.3 is 0 Å². The molecule has 1 amide bonds. The molecule has 182 valence electrons. The zero-order chi connectivity index (χ0) is 25.1. The summed E-state index contributed by atoms with van der Waals surface area (Å²) in [6.07, 6.45) is 1.72. The van der Waals surface area contributed by atoms with Crippen LogP contribution in [0, 0.1) is 0 Å². The van der Waals surface area contributed by atoms with E-state index < -0.39 is 10.0 Å². The number of sulfonamides is 1. The van der Waals surface area contributed by atoms with E-state index in [1.807, 2.05) is 46.3 Å². The smallest absolute Gasteiger partial charge is 0.240 e. The lowest BCUT2D eigenvalue weighted by atomic mass is 10.1.